The zero-order chi connectivity index (χ0) is 12.6. The van der Waals surface area contributed by atoms with Crippen LogP contribution in [0.2, 0.25) is 0 Å². The van der Waals surface area contributed by atoms with Crippen LogP contribution in [0.5, 0.6) is 0 Å². The smallest absolute Gasteiger partial charge is 0.407 e. The molecule has 16 heavy (non-hydrogen) atoms. The quantitative estimate of drug-likeness (QED) is 0.690. The Labute approximate surface area is 98.4 Å². The molecule has 0 bridgehead atoms. The summed E-state index contributed by atoms with van der Waals surface area (Å²) in [5, 5.41) is 11.5. The predicted molar refractivity (Wildman–Crippen MR) is 64.3 cm³/mol. The molecule has 1 amide bonds. The Morgan fingerprint density at radius 2 is 2.00 bits per heavy atom. The summed E-state index contributed by atoms with van der Waals surface area (Å²) in [5.74, 6) is 0.349. The SMILES string of the molecule is CC(CO)CCCCNC(=O)OC(C)(C)C. The minimum absolute atomic E-state index is 0.236. The summed E-state index contributed by atoms with van der Waals surface area (Å²) < 4.78 is 5.10. The topological polar surface area (TPSA) is 58.6 Å². The number of unbranched alkanes of at least 4 members (excludes halogenated alkanes) is 1. The number of carbonyl (C=O) groups is 1. The number of aliphatic hydroxyl groups is 1. The third kappa shape index (κ3) is 9.77. The molecule has 4 heteroatoms. The molecule has 0 radical (unpaired) electrons. The van der Waals surface area contributed by atoms with Gasteiger partial charge in [0.1, 0.15) is 5.60 Å². The predicted octanol–water partition coefficient (Wildman–Crippen LogP) is 2.31. The Bertz CT molecular complexity index is 199. The molecule has 0 aliphatic heterocycles. The van der Waals surface area contributed by atoms with Gasteiger partial charge in [0.2, 0.25) is 0 Å². The van der Waals surface area contributed by atoms with Gasteiger partial charge in [0, 0.05) is 13.2 Å². The summed E-state index contributed by atoms with van der Waals surface area (Å²) in [6.45, 7) is 8.41. The second-order valence-corrected chi connectivity index (χ2v) is 5.21. The molecule has 0 rings (SSSR count). The molecular formula is C12H25NO3. The van der Waals surface area contributed by atoms with Crippen molar-refractivity contribution in [1.29, 1.82) is 0 Å². The van der Waals surface area contributed by atoms with Gasteiger partial charge in [-0.1, -0.05) is 13.3 Å². The monoisotopic (exact) mass is 231 g/mol. The van der Waals surface area contributed by atoms with E-state index in [1.807, 2.05) is 27.7 Å². The molecule has 4 nitrogen and oxygen atoms in total. The number of rotatable bonds is 6. The lowest BCUT2D eigenvalue weighted by Gasteiger charge is -2.19. The van der Waals surface area contributed by atoms with E-state index in [2.05, 4.69) is 5.32 Å². The fourth-order valence-electron chi connectivity index (χ4n) is 1.21. The summed E-state index contributed by atoms with van der Waals surface area (Å²) >= 11 is 0. The number of alkyl carbamates (subject to hydrolysis) is 1. The number of amides is 1. The fourth-order valence-corrected chi connectivity index (χ4v) is 1.21. The van der Waals surface area contributed by atoms with Crippen molar-refractivity contribution in [2.24, 2.45) is 5.92 Å². The Balaban J connectivity index is 3.42. The van der Waals surface area contributed by atoms with E-state index in [4.69, 9.17) is 9.84 Å². The van der Waals surface area contributed by atoms with Crippen molar-refractivity contribution in [2.45, 2.75) is 52.6 Å². The second-order valence-electron chi connectivity index (χ2n) is 5.21. The van der Waals surface area contributed by atoms with Gasteiger partial charge in [-0.25, -0.2) is 4.79 Å². The lowest BCUT2D eigenvalue weighted by molar-refractivity contribution is 0.0526. The van der Waals surface area contributed by atoms with Gasteiger partial charge >= 0.3 is 6.09 Å². The molecule has 0 spiro atoms. The van der Waals surface area contributed by atoms with Crippen LogP contribution in [0, 0.1) is 5.92 Å². The van der Waals surface area contributed by atoms with E-state index in [1.165, 1.54) is 0 Å². The number of hydrogen-bond acceptors (Lipinski definition) is 3. The van der Waals surface area contributed by atoms with Crippen LogP contribution in [0.25, 0.3) is 0 Å². The first-order chi connectivity index (χ1) is 7.35. The van der Waals surface area contributed by atoms with Gasteiger partial charge in [-0.3, -0.25) is 0 Å². The van der Waals surface area contributed by atoms with Crippen LogP contribution >= 0.6 is 0 Å². The molecule has 0 aliphatic rings. The molecule has 0 heterocycles. The molecule has 2 N–H and O–H groups in total. The van der Waals surface area contributed by atoms with Crippen molar-refractivity contribution < 1.29 is 14.6 Å². The largest absolute Gasteiger partial charge is 0.444 e. The van der Waals surface area contributed by atoms with E-state index in [1.54, 1.807) is 0 Å². The Morgan fingerprint density at radius 3 is 2.50 bits per heavy atom. The van der Waals surface area contributed by atoms with Crippen LogP contribution in [0.4, 0.5) is 4.79 Å². The van der Waals surface area contributed by atoms with Crippen LogP contribution in [-0.2, 0) is 4.74 Å². The molecular weight excluding hydrogens is 206 g/mol. The first-order valence-electron chi connectivity index (χ1n) is 5.93. The Morgan fingerprint density at radius 1 is 1.38 bits per heavy atom. The molecule has 0 aliphatic carbocycles. The van der Waals surface area contributed by atoms with Gasteiger partial charge in [-0.15, -0.1) is 0 Å². The van der Waals surface area contributed by atoms with Gasteiger partial charge in [-0.05, 0) is 39.5 Å². The van der Waals surface area contributed by atoms with E-state index in [9.17, 15) is 4.79 Å². The van der Waals surface area contributed by atoms with Crippen molar-refractivity contribution in [3.8, 4) is 0 Å². The maximum absolute atomic E-state index is 11.2. The van der Waals surface area contributed by atoms with Crippen molar-refractivity contribution in [1.82, 2.24) is 5.32 Å². The molecule has 0 aromatic carbocycles. The average Bonchev–Trinajstić information content (AvgIpc) is 2.14. The van der Waals surface area contributed by atoms with Crippen molar-refractivity contribution >= 4 is 6.09 Å². The van der Waals surface area contributed by atoms with Crippen molar-refractivity contribution in [3.05, 3.63) is 0 Å². The highest BCUT2D eigenvalue weighted by molar-refractivity contribution is 5.67. The minimum atomic E-state index is -0.435. The highest BCUT2D eigenvalue weighted by Crippen LogP contribution is 2.07. The molecule has 0 saturated heterocycles. The molecule has 1 atom stereocenters. The molecule has 0 saturated carbocycles. The van der Waals surface area contributed by atoms with E-state index < -0.39 is 5.60 Å². The standard InChI is InChI=1S/C12H25NO3/c1-10(9-14)7-5-6-8-13-11(15)16-12(2,3)4/h10,14H,5-9H2,1-4H3,(H,13,15). The van der Waals surface area contributed by atoms with E-state index in [-0.39, 0.29) is 12.7 Å². The molecule has 0 fully saturated rings. The summed E-state index contributed by atoms with van der Waals surface area (Å²) in [6, 6.07) is 0. The van der Waals surface area contributed by atoms with Crippen LogP contribution < -0.4 is 5.32 Å². The van der Waals surface area contributed by atoms with Gasteiger partial charge in [0.15, 0.2) is 0 Å². The van der Waals surface area contributed by atoms with E-state index in [0.717, 1.165) is 19.3 Å². The number of carbonyl (C=O) groups excluding carboxylic acids is 1. The Kier molecular flexibility index (Phi) is 7.13. The van der Waals surface area contributed by atoms with E-state index >= 15 is 0 Å². The molecule has 0 aromatic heterocycles. The summed E-state index contributed by atoms with van der Waals surface area (Å²) in [6.07, 6.45) is 2.57. The zero-order valence-electron chi connectivity index (χ0n) is 10.9. The molecule has 1 unspecified atom stereocenters. The summed E-state index contributed by atoms with van der Waals surface area (Å²) in [7, 11) is 0. The normalized spacial score (nSPS) is 13.3. The van der Waals surface area contributed by atoms with Crippen LogP contribution in [-0.4, -0.2) is 30.0 Å². The van der Waals surface area contributed by atoms with Gasteiger partial charge < -0.3 is 15.2 Å². The molecule has 96 valence electrons. The maximum atomic E-state index is 11.2. The van der Waals surface area contributed by atoms with Gasteiger partial charge in [-0.2, -0.15) is 0 Å². The first-order valence-corrected chi connectivity index (χ1v) is 5.93. The van der Waals surface area contributed by atoms with Gasteiger partial charge in [0.25, 0.3) is 0 Å². The first kappa shape index (κ1) is 15.2. The maximum Gasteiger partial charge on any atom is 0.407 e. The van der Waals surface area contributed by atoms with Crippen LogP contribution in [0.1, 0.15) is 47.0 Å². The third-order valence-electron chi connectivity index (χ3n) is 2.10. The highest BCUT2D eigenvalue weighted by Gasteiger charge is 2.15. The van der Waals surface area contributed by atoms with Gasteiger partial charge in [0.05, 0.1) is 0 Å². The minimum Gasteiger partial charge on any atom is -0.444 e. The average molecular weight is 231 g/mol. The lowest BCUT2D eigenvalue weighted by Crippen LogP contribution is -2.33. The third-order valence-corrected chi connectivity index (χ3v) is 2.10. The second kappa shape index (κ2) is 7.49. The lowest BCUT2D eigenvalue weighted by atomic mass is 10.1. The fraction of sp³-hybridized carbons (Fsp3) is 0.917. The summed E-state index contributed by atoms with van der Waals surface area (Å²) in [5.41, 5.74) is -0.435. The van der Waals surface area contributed by atoms with Crippen molar-refractivity contribution in [2.75, 3.05) is 13.2 Å². The van der Waals surface area contributed by atoms with E-state index in [0.29, 0.717) is 12.5 Å². The number of hydrogen-bond donors (Lipinski definition) is 2. The zero-order valence-corrected chi connectivity index (χ0v) is 10.9. The van der Waals surface area contributed by atoms with Crippen molar-refractivity contribution in [3.63, 3.8) is 0 Å². The summed E-state index contributed by atoms with van der Waals surface area (Å²) in [4.78, 5) is 11.2. The number of aliphatic hydroxyl groups excluding tert-OH is 1. The van der Waals surface area contributed by atoms with Crippen LogP contribution in [0.3, 0.4) is 0 Å². The highest BCUT2D eigenvalue weighted by atomic mass is 16.6. The Hall–Kier alpha value is -0.770. The van der Waals surface area contributed by atoms with Crippen LogP contribution in [0.15, 0.2) is 0 Å². The number of ether oxygens (including phenoxy) is 1. The number of nitrogens with one attached hydrogen (secondary N) is 1. The molecule has 0 aromatic rings.